The Balaban J connectivity index is 1.53. The summed E-state index contributed by atoms with van der Waals surface area (Å²) >= 11 is 0. The minimum absolute atomic E-state index is 0.0876. The molecule has 0 unspecified atom stereocenters. The Bertz CT molecular complexity index is 1010. The van der Waals surface area contributed by atoms with Gasteiger partial charge in [-0.1, -0.05) is 48.0 Å². The molecule has 3 nitrogen and oxygen atoms in total. The van der Waals surface area contributed by atoms with E-state index in [1.807, 2.05) is 0 Å². The van der Waals surface area contributed by atoms with E-state index < -0.39 is 0 Å². The largest absolute Gasteiger partial charge is 0.368 e. The zero-order valence-electron chi connectivity index (χ0n) is 17.2. The van der Waals surface area contributed by atoms with Gasteiger partial charge >= 0.3 is 0 Å². The third-order valence-electron chi connectivity index (χ3n) is 7.30. The lowest BCUT2D eigenvalue weighted by Gasteiger charge is -2.50. The number of hydrogen-bond acceptors (Lipinski definition) is 2. The standard InChI is InChI=1S/C25H30N2O/c1-18-7-6-8-19(17-18)24(27(2)3)12-14-25(15-13-24)23-21(11-16-28-25)20-9-4-5-10-22(20)26-23/h4-10,17,26H,11-16H2,1-3H3. The summed E-state index contributed by atoms with van der Waals surface area (Å²) in [6.45, 7) is 3.02. The normalized spacial score (nSPS) is 27.4. The van der Waals surface area contributed by atoms with Crippen molar-refractivity contribution in [1.82, 2.24) is 9.88 Å². The van der Waals surface area contributed by atoms with Crippen LogP contribution in [0.5, 0.6) is 0 Å². The molecule has 0 amide bonds. The SMILES string of the molecule is Cc1cccc(C2(N(C)C)CCC3(CC2)OCCc2c3[nH]c3ccccc23)c1. The second-order valence-electron chi connectivity index (χ2n) is 8.91. The van der Waals surface area contributed by atoms with E-state index in [4.69, 9.17) is 4.74 Å². The van der Waals surface area contributed by atoms with Gasteiger partial charge in [-0.05, 0) is 70.3 Å². The highest BCUT2D eigenvalue weighted by Crippen LogP contribution is 2.52. The summed E-state index contributed by atoms with van der Waals surface area (Å²) in [5.74, 6) is 0. The molecular weight excluding hydrogens is 344 g/mol. The minimum Gasteiger partial charge on any atom is -0.368 e. The van der Waals surface area contributed by atoms with Crippen LogP contribution in [0.2, 0.25) is 0 Å². The quantitative estimate of drug-likeness (QED) is 0.661. The lowest BCUT2D eigenvalue weighted by Crippen LogP contribution is -2.50. The molecule has 0 bridgehead atoms. The number of ether oxygens (including phenoxy) is 1. The number of rotatable bonds is 2. The first-order valence-electron chi connectivity index (χ1n) is 10.5. The number of aromatic nitrogens is 1. The average Bonchev–Trinajstić information content (AvgIpc) is 3.09. The number of aromatic amines is 1. The van der Waals surface area contributed by atoms with Crippen LogP contribution < -0.4 is 0 Å². The molecule has 28 heavy (non-hydrogen) atoms. The first-order valence-corrected chi connectivity index (χ1v) is 10.5. The van der Waals surface area contributed by atoms with Crippen LogP contribution in [0.25, 0.3) is 10.9 Å². The third kappa shape index (κ3) is 2.57. The van der Waals surface area contributed by atoms with E-state index in [-0.39, 0.29) is 11.1 Å². The summed E-state index contributed by atoms with van der Waals surface area (Å²) in [4.78, 5) is 6.18. The van der Waals surface area contributed by atoms with E-state index in [9.17, 15) is 0 Å². The highest BCUT2D eigenvalue weighted by molar-refractivity contribution is 5.85. The Morgan fingerprint density at radius 1 is 0.964 bits per heavy atom. The van der Waals surface area contributed by atoms with Crippen molar-refractivity contribution in [3.63, 3.8) is 0 Å². The van der Waals surface area contributed by atoms with Crippen LogP contribution in [0, 0.1) is 6.92 Å². The van der Waals surface area contributed by atoms with Gasteiger partial charge in [0.2, 0.25) is 0 Å². The summed E-state index contributed by atoms with van der Waals surface area (Å²) in [6.07, 6.45) is 5.34. The third-order valence-corrected chi connectivity index (χ3v) is 7.30. The number of benzene rings is 2. The van der Waals surface area contributed by atoms with Crippen LogP contribution in [0.4, 0.5) is 0 Å². The van der Waals surface area contributed by atoms with E-state index in [0.717, 1.165) is 38.7 Å². The smallest absolute Gasteiger partial charge is 0.108 e. The predicted octanol–water partition coefficient (Wildman–Crippen LogP) is 5.28. The summed E-state index contributed by atoms with van der Waals surface area (Å²) in [5, 5.41) is 1.38. The number of nitrogens with zero attached hydrogens (tertiary/aromatic N) is 1. The Labute approximate surface area is 167 Å². The van der Waals surface area contributed by atoms with Crippen molar-refractivity contribution < 1.29 is 4.74 Å². The van der Waals surface area contributed by atoms with Gasteiger partial charge in [-0.3, -0.25) is 4.90 Å². The highest BCUT2D eigenvalue weighted by atomic mass is 16.5. The molecule has 1 aliphatic heterocycles. The molecule has 0 radical (unpaired) electrons. The van der Waals surface area contributed by atoms with E-state index >= 15 is 0 Å². The minimum atomic E-state index is -0.157. The molecule has 0 atom stereocenters. The van der Waals surface area contributed by atoms with Crippen LogP contribution in [0.1, 0.15) is 48.1 Å². The van der Waals surface area contributed by atoms with Crippen LogP contribution in [0.3, 0.4) is 0 Å². The first kappa shape index (κ1) is 18.0. The van der Waals surface area contributed by atoms with Gasteiger partial charge in [0, 0.05) is 16.4 Å². The zero-order valence-corrected chi connectivity index (χ0v) is 17.2. The maximum absolute atomic E-state index is 6.55. The maximum Gasteiger partial charge on any atom is 0.108 e. The zero-order chi connectivity index (χ0) is 19.4. The molecule has 1 aliphatic carbocycles. The Morgan fingerprint density at radius 3 is 2.50 bits per heavy atom. The van der Waals surface area contributed by atoms with Gasteiger partial charge in [0.05, 0.1) is 12.3 Å². The van der Waals surface area contributed by atoms with Crippen LogP contribution in [0.15, 0.2) is 48.5 Å². The number of aryl methyl sites for hydroxylation is 1. The van der Waals surface area contributed by atoms with Gasteiger partial charge in [0.15, 0.2) is 0 Å². The number of fused-ring (bicyclic) bond motifs is 4. The van der Waals surface area contributed by atoms with Crippen LogP contribution in [-0.2, 0) is 22.3 Å². The molecule has 146 valence electrons. The topological polar surface area (TPSA) is 28.3 Å². The van der Waals surface area contributed by atoms with E-state index in [1.54, 1.807) is 0 Å². The fraction of sp³-hybridized carbons (Fsp3) is 0.440. The van der Waals surface area contributed by atoms with Gasteiger partial charge in [0.1, 0.15) is 5.60 Å². The second-order valence-corrected chi connectivity index (χ2v) is 8.91. The van der Waals surface area contributed by atoms with Gasteiger partial charge in [0.25, 0.3) is 0 Å². The second kappa shape index (κ2) is 6.47. The molecule has 1 fully saturated rings. The van der Waals surface area contributed by atoms with Gasteiger partial charge in [-0.25, -0.2) is 0 Å². The summed E-state index contributed by atoms with van der Waals surface area (Å²) in [6, 6.07) is 17.8. The van der Waals surface area contributed by atoms with E-state index in [0.29, 0.717) is 0 Å². The molecule has 1 saturated carbocycles. The Kier molecular flexibility index (Phi) is 4.15. The molecule has 1 aromatic heterocycles. The van der Waals surface area contributed by atoms with Crippen molar-refractivity contribution in [2.24, 2.45) is 0 Å². The van der Waals surface area contributed by atoms with Crippen molar-refractivity contribution in [2.75, 3.05) is 20.7 Å². The number of H-pyrrole nitrogens is 1. The molecule has 3 heteroatoms. The fourth-order valence-electron chi connectivity index (χ4n) is 5.66. The van der Waals surface area contributed by atoms with Crippen molar-refractivity contribution >= 4 is 10.9 Å². The maximum atomic E-state index is 6.55. The molecule has 1 N–H and O–H groups in total. The van der Waals surface area contributed by atoms with Crippen molar-refractivity contribution in [3.05, 3.63) is 70.9 Å². The molecule has 3 aromatic rings. The predicted molar refractivity (Wildman–Crippen MR) is 115 cm³/mol. The van der Waals surface area contributed by atoms with Gasteiger partial charge < -0.3 is 9.72 Å². The Morgan fingerprint density at radius 2 is 1.75 bits per heavy atom. The van der Waals surface area contributed by atoms with Gasteiger partial charge in [-0.2, -0.15) is 0 Å². The molecule has 0 saturated heterocycles. The van der Waals surface area contributed by atoms with E-state index in [2.05, 4.69) is 79.4 Å². The van der Waals surface area contributed by atoms with Crippen LogP contribution >= 0.6 is 0 Å². The van der Waals surface area contributed by atoms with Crippen molar-refractivity contribution in [3.8, 4) is 0 Å². The summed E-state index contributed by atoms with van der Waals surface area (Å²) in [7, 11) is 4.47. The van der Waals surface area contributed by atoms with Gasteiger partial charge in [-0.15, -0.1) is 0 Å². The van der Waals surface area contributed by atoms with Crippen molar-refractivity contribution in [1.29, 1.82) is 0 Å². The van der Waals surface area contributed by atoms with E-state index in [1.165, 1.54) is 33.3 Å². The van der Waals surface area contributed by atoms with Crippen molar-refractivity contribution in [2.45, 2.75) is 50.2 Å². The first-order chi connectivity index (χ1) is 13.5. The fourth-order valence-corrected chi connectivity index (χ4v) is 5.66. The molecule has 2 heterocycles. The lowest BCUT2D eigenvalue weighted by molar-refractivity contribution is -0.113. The lowest BCUT2D eigenvalue weighted by atomic mass is 9.68. The van der Waals surface area contributed by atoms with Crippen LogP contribution in [-0.4, -0.2) is 30.6 Å². The summed E-state index contributed by atoms with van der Waals surface area (Å²) in [5.41, 5.74) is 6.79. The highest BCUT2D eigenvalue weighted by Gasteiger charge is 2.49. The molecule has 5 rings (SSSR count). The monoisotopic (exact) mass is 374 g/mol. The Hall–Kier alpha value is -2.10. The molecule has 2 aromatic carbocycles. The molecular formula is C25H30N2O. The molecule has 1 spiro atoms. The number of hydrogen-bond donors (Lipinski definition) is 1. The average molecular weight is 375 g/mol. The summed E-state index contributed by atoms with van der Waals surface area (Å²) < 4.78 is 6.55. The molecule has 2 aliphatic rings. The number of para-hydroxylation sites is 1. The number of nitrogens with one attached hydrogen (secondary N) is 1.